The lowest BCUT2D eigenvalue weighted by atomic mass is 9.77. The van der Waals surface area contributed by atoms with Crippen molar-refractivity contribution in [1.29, 1.82) is 0 Å². The summed E-state index contributed by atoms with van der Waals surface area (Å²) in [6, 6.07) is 3.57. The molecule has 3 nitrogen and oxygen atoms in total. The zero-order chi connectivity index (χ0) is 10.4. The summed E-state index contributed by atoms with van der Waals surface area (Å²) in [5, 5.41) is 22.6. The SMILES string of the molecule is Oc1ccc2c(c1O)CC[C@H]1CNC[C@H]21. The van der Waals surface area contributed by atoms with Crippen molar-refractivity contribution in [2.45, 2.75) is 18.8 Å². The number of hydrogen-bond donors (Lipinski definition) is 3. The van der Waals surface area contributed by atoms with Crippen LogP contribution in [0.1, 0.15) is 23.5 Å². The molecule has 0 amide bonds. The molecule has 2 atom stereocenters. The second-order valence-electron chi connectivity index (χ2n) is 4.56. The van der Waals surface area contributed by atoms with E-state index in [0.717, 1.165) is 31.5 Å². The number of aromatic hydroxyl groups is 2. The fourth-order valence-electron chi connectivity index (χ4n) is 2.98. The van der Waals surface area contributed by atoms with Gasteiger partial charge in [-0.15, -0.1) is 0 Å². The second-order valence-corrected chi connectivity index (χ2v) is 4.56. The van der Waals surface area contributed by atoms with Crippen LogP contribution < -0.4 is 5.32 Å². The number of phenolic OH excluding ortho intramolecular Hbond substituents is 2. The Labute approximate surface area is 88.7 Å². The van der Waals surface area contributed by atoms with Gasteiger partial charge in [0.2, 0.25) is 0 Å². The van der Waals surface area contributed by atoms with Crippen LogP contribution in [0, 0.1) is 5.92 Å². The van der Waals surface area contributed by atoms with Crippen LogP contribution in [0.2, 0.25) is 0 Å². The van der Waals surface area contributed by atoms with Crippen LogP contribution >= 0.6 is 0 Å². The Kier molecular flexibility index (Phi) is 1.89. The minimum atomic E-state index is 0.0122. The Morgan fingerprint density at radius 1 is 1.20 bits per heavy atom. The van der Waals surface area contributed by atoms with Crippen LogP contribution in [0.4, 0.5) is 0 Å². The molecule has 80 valence electrons. The number of benzene rings is 1. The van der Waals surface area contributed by atoms with Crippen LogP contribution in [0.15, 0.2) is 12.1 Å². The van der Waals surface area contributed by atoms with E-state index in [9.17, 15) is 10.2 Å². The lowest BCUT2D eigenvalue weighted by molar-refractivity contribution is 0.384. The first-order valence-electron chi connectivity index (χ1n) is 5.52. The molecule has 1 aliphatic heterocycles. The summed E-state index contributed by atoms with van der Waals surface area (Å²) in [5.74, 6) is 1.35. The van der Waals surface area contributed by atoms with E-state index >= 15 is 0 Å². The number of rotatable bonds is 0. The fourth-order valence-corrected chi connectivity index (χ4v) is 2.98. The van der Waals surface area contributed by atoms with Crippen LogP contribution in [0.25, 0.3) is 0 Å². The second kappa shape index (κ2) is 3.14. The molecular weight excluding hydrogens is 190 g/mol. The molecule has 1 aromatic rings. The zero-order valence-electron chi connectivity index (χ0n) is 8.53. The van der Waals surface area contributed by atoms with Crippen molar-refractivity contribution in [3.8, 4) is 11.5 Å². The van der Waals surface area contributed by atoms with Crippen molar-refractivity contribution in [2.24, 2.45) is 5.92 Å². The summed E-state index contributed by atoms with van der Waals surface area (Å²) < 4.78 is 0. The van der Waals surface area contributed by atoms with E-state index in [2.05, 4.69) is 5.32 Å². The van der Waals surface area contributed by atoms with Gasteiger partial charge in [-0.05, 0) is 36.9 Å². The van der Waals surface area contributed by atoms with E-state index in [4.69, 9.17) is 0 Å². The Morgan fingerprint density at radius 2 is 2.07 bits per heavy atom. The molecule has 3 rings (SSSR count). The van der Waals surface area contributed by atoms with Crippen LogP contribution in [0.5, 0.6) is 11.5 Å². The van der Waals surface area contributed by atoms with Crippen molar-refractivity contribution in [1.82, 2.24) is 5.32 Å². The van der Waals surface area contributed by atoms with Crippen LogP contribution in [-0.2, 0) is 6.42 Å². The highest BCUT2D eigenvalue weighted by Crippen LogP contribution is 2.44. The fraction of sp³-hybridized carbons (Fsp3) is 0.500. The third-order valence-electron chi connectivity index (χ3n) is 3.80. The smallest absolute Gasteiger partial charge is 0.160 e. The predicted octanol–water partition coefficient (Wildman–Crippen LogP) is 1.35. The molecule has 0 radical (unpaired) electrons. The summed E-state index contributed by atoms with van der Waals surface area (Å²) in [6.45, 7) is 2.09. The summed E-state index contributed by atoms with van der Waals surface area (Å²) in [6.07, 6.45) is 2.00. The molecule has 1 heterocycles. The van der Waals surface area contributed by atoms with Gasteiger partial charge in [0.1, 0.15) is 0 Å². The largest absolute Gasteiger partial charge is 0.504 e. The van der Waals surface area contributed by atoms with Gasteiger partial charge >= 0.3 is 0 Å². The van der Waals surface area contributed by atoms with E-state index < -0.39 is 0 Å². The Balaban J connectivity index is 2.11. The maximum atomic E-state index is 9.79. The van der Waals surface area contributed by atoms with E-state index in [1.807, 2.05) is 6.07 Å². The Bertz CT molecular complexity index is 403. The van der Waals surface area contributed by atoms with Gasteiger partial charge in [-0.1, -0.05) is 6.07 Å². The molecule has 2 aliphatic rings. The first kappa shape index (κ1) is 9.04. The number of hydrogen-bond acceptors (Lipinski definition) is 3. The zero-order valence-corrected chi connectivity index (χ0v) is 8.53. The Morgan fingerprint density at radius 3 is 2.93 bits per heavy atom. The molecule has 3 N–H and O–H groups in total. The number of phenols is 2. The topological polar surface area (TPSA) is 52.5 Å². The molecule has 0 unspecified atom stereocenters. The number of nitrogens with one attached hydrogen (secondary N) is 1. The standard InChI is InChI=1S/C12H15NO2/c14-11-4-3-8-9(12(11)15)2-1-7-5-13-6-10(7)8/h3-4,7,10,13-15H,1-2,5-6H2/t7-,10-/m0/s1. The maximum Gasteiger partial charge on any atom is 0.160 e. The molecule has 1 saturated heterocycles. The van der Waals surface area contributed by atoms with Crippen molar-refractivity contribution >= 4 is 0 Å². The predicted molar refractivity (Wildman–Crippen MR) is 57.2 cm³/mol. The molecular formula is C12H15NO2. The summed E-state index contributed by atoms with van der Waals surface area (Å²) in [7, 11) is 0. The molecule has 15 heavy (non-hydrogen) atoms. The molecule has 1 aromatic carbocycles. The van der Waals surface area contributed by atoms with E-state index in [0.29, 0.717) is 11.8 Å². The van der Waals surface area contributed by atoms with E-state index in [1.54, 1.807) is 6.07 Å². The monoisotopic (exact) mass is 205 g/mol. The van der Waals surface area contributed by atoms with Gasteiger partial charge in [0.25, 0.3) is 0 Å². The molecule has 0 bridgehead atoms. The summed E-state index contributed by atoms with van der Waals surface area (Å²) in [5.41, 5.74) is 2.19. The molecule has 0 aromatic heterocycles. The highest BCUT2D eigenvalue weighted by molar-refractivity contribution is 5.51. The van der Waals surface area contributed by atoms with Crippen molar-refractivity contribution in [3.63, 3.8) is 0 Å². The molecule has 3 heteroatoms. The number of fused-ring (bicyclic) bond motifs is 3. The third kappa shape index (κ3) is 1.23. The minimum Gasteiger partial charge on any atom is -0.504 e. The van der Waals surface area contributed by atoms with Gasteiger partial charge in [0.05, 0.1) is 0 Å². The summed E-state index contributed by atoms with van der Waals surface area (Å²) in [4.78, 5) is 0. The van der Waals surface area contributed by atoms with Crippen LogP contribution in [-0.4, -0.2) is 23.3 Å². The highest BCUT2D eigenvalue weighted by Gasteiger charge is 2.34. The van der Waals surface area contributed by atoms with Crippen molar-refractivity contribution in [3.05, 3.63) is 23.3 Å². The lowest BCUT2D eigenvalue weighted by Crippen LogP contribution is -2.18. The first-order valence-corrected chi connectivity index (χ1v) is 5.52. The minimum absolute atomic E-state index is 0.0122. The average Bonchev–Trinajstić information content (AvgIpc) is 2.71. The summed E-state index contributed by atoms with van der Waals surface area (Å²) >= 11 is 0. The maximum absolute atomic E-state index is 9.79. The van der Waals surface area contributed by atoms with Crippen molar-refractivity contribution in [2.75, 3.05) is 13.1 Å². The van der Waals surface area contributed by atoms with Crippen molar-refractivity contribution < 1.29 is 10.2 Å². The average molecular weight is 205 g/mol. The third-order valence-corrected chi connectivity index (χ3v) is 3.80. The quantitative estimate of drug-likeness (QED) is 0.560. The first-order chi connectivity index (χ1) is 7.27. The van der Waals surface area contributed by atoms with Gasteiger partial charge in [0, 0.05) is 18.0 Å². The molecule has 1 fully saturated rings. The molecule has 1 aliphatic carbocycles. The van der Waals surface area contributed by atoms with Crippen LogP contribution in [0.3, 0.4) is 0 Å². The van der Waals surface area contributed by atoms with Gasteiger partial charge in [-0.2, -0.15) is 0 Å². The molecule has 0 saturated carbocycles. The highest BCUT2D eigenvalue weighted by atomic mass is 16.3. The molecule has 0 spiro atoms. The van der Waals surface area contributed by atoms with Gasteiger partial charge in [-0.25, -0.2) is 0 Å². The van der Waals surface area contributed by atoms with E-state index in [1.165, 1.54) is 5.56 Å². The Hall–Kier alpha value is -1.22. The van der Waals surface area contributed by atoms with Gasteiger partial charge < -0.3 is 15.5 Å². The van der Waals surface area contributed by atoms with E-state index in [-0.39, 0.29) is 11.5 Å². The van der Waals surface area contributed by atoms with Gasteiger partial charge in [-0.3, -0.25) is 0 Å². The lowest BCUT2D eigenvalue weighted by Gasteiger charge is -2.28. The normalized spacial score (nSPS) is 28.5. The van der Waals surface area contributed by atoms with Gasteiger partial charge in [0.15, 0.2) is 11.5 Å².